The molecule has 1 heterocycles. The highest BCUT2D eigenvalue weighted by molar-refractivity contribution is 5.92. The molecule has 1 amide bonds. The summed E-state index contributed by atoms with van der Waals surface area (Å²) in [5.41, 5.74) is 1.72. The maximum absolute atomic E-state index is 13.0. The van der Waals surface area contributed by atoms with Crippen LogP contribution < -0.4 is 0 Å². The first-order valence-corrected chi connectivity index (χ1v) is 7.80. The second kappa shape index (κ2) is 7.67. The van der Waals surface area contributed by atoms with Gasteiger partial charge in [0.2, 0.25) is 0 Å². The number of benzene rings is 2. The van der Waals surface area contributed by atoms with Crippen LogP contribution in [-0.4, -0.2) is 44.1 Å². The van der Waals surface area contributed by atoms with Gasteiger partial charge in [0.15, 0.2) is 5.69 Å². The Morgan fingerprint density at radius 1 is 1.12 bits per heavy atom. The molecule has 0 saturated carbocycles. The summed E-state index contributed by atoms with van der Waals surface area (Å²) in [6, 6.07) is 15.2. The smallest absolute Gasteiger partial charge is 0.276 e. The summed E-state index contributed by atoms with van der Waals surface area (Å²) in [5, 5.41) is 17.1. The van der Waals surface area contributed by atoms with Gasteiger partial charge in [0.1, 0.15) is 5.82 Å². The van der Waals surface area contributed by atoms with Crippen molar-refractivity contribution in [3.05, 3.63) is 77.9 Å². The van der Waals surface area contributed by atoms with Crippen LogP contribution in [0, 0.1) is 5.82 Å². The summed E-state index contributed by atoms with van der Waals surface area (Å²) in [6.45, 7) is 0.408. The van der Waals surface area contributed by atoms with E-state index in [0.717, 1.165) is 5.56 Å². The standard InChI is InChI=1S/C18H17FN4O2/c19-15-6-8-16(9-7-15)23-13-17(20-21-23)18(25)22(10-11-24)12-14-4-2-1-3-5-14/h1-9,13,24H,10-12H2. The van der Waals surface area contributed by atoms with E-state index in [1.807, 2.05) is 30.3 Å². The third-order valence-corrected chi connectivity index (χ3v) is 3.68. The summed E-state index contributed by atoms with van der Waals surface area (Å²) >= 11 is 0. The van der Waals surface area contributed by atoms with Gasteiger partial charge in [0, 0.05) is 13.1 Å². The quantitative estimate of drug-likeness (QED) is 0.745. The van der Waals surface area contributed by atoms with Crippen molar-refractivity contribution >= 4 is 5.91 Å². The summed E-state index contributed by atoms with van der Waals surface area (Å²) in [7, 11) is 0. The molecule has 0 aliphatic rings. The van der Waals surface area contributed by atoms with Crippen molar-refractivity contribution in [1.29, 1.82) is 0 Å². The fourth-order valence-corrected chi connectivity index (χ4v) is 2.42. The van der Waals surface area contributed by atoms with Gasteiger partial charge in [-0.15, -0.1) is 5.10 Å². The lowest BCUT2D eigenvalue weighted by Crippen LogP contribution is -2.33. The van der Waals surface area contributed by atoms with Crippen LogP contribution in [0.15, 0.2) is 60.8 Å². The molecular weight excluding hydrogens is 323 g/mol. The van der Waals surface area contributed by atoms with Crippen molar-refractivity contribution < 1.29 is 14.3 Å². The van der Waals surface area contributed by atoms with E-state index in [9.17, 15) is 14.3 Å². The van der Waals surface area contributed by atoms with Crippen LogP contribution in [-0.2, 0) is 6.54 Å². The lowest BCUT2D eigenvalue weighted by atomic mass is 10.2. The highest BCUT2D eigenvalue weighted by Gasteiger charge is 2.19. The molecule has 0 saturated heterocycles. The van der Waals surface area contributed by atoms with Gasteiger partial charge in [-0.1, -0.05) is 35.5 Å². The number of carbonyl (C=O) groups is 1. The van der Waals surface area contributed by atoms with Crippen molar-refractivity contribution in [3.63, 3.8) is 0 Å². The van der Waals surface area contributed by atoms with Crippen LogP contribution >= 0.6 is 0 Å². The van der Waals surface area contributed by atoms with Crippen molar-refractivity contribution in [3.8, 4) is 5.69 Å². The van der Waals surface area contributed by atoms with Crippen molar-refractivity contribution in [2.45, 2.75) is 6.54 Å². The number of nitrogens with zero attached hydrogens (tertiary/aromatic N) is 4. The topological polar surface area (TPSA) is 71.2 Å². The number of hydrogen-bond donors (Lipinski definition) is 1. The second-order valence-electron chi connectivity index (χ2n) is 5.46. The van der Waals surface area contributed by atoms with Gasteiger partial charge in [0.05, 0.1) is 18.5 Å². The number of rotatable bonds is 6. The molecule has 25 heavy (non-hydrogen) atoms. The Hall–Kier alpha value is -3.06. The lowest BCUT2D eigenvalue weighted by molar-refractivity contribution is 0.0702. The van der Waals surface area contributed by atoms with Gasteiger partial charge in [-0.05, 0) is 29.8 Å². The zero-order valence-corrected chi connectivity index (χ0v) is 13.4. The highest BCUT2D eigenvalue weighted by Crippen LogP contribution is 2.11. The molecule has 1 aromatic heterocycles. The van der Waals surface area contributed by atoms with E-state index in [1.54, 1.807) is 12.1 Å². The first kappa shape index (κ1) is 16.8. The van der Waals surface area contributed by atoms with Gasteiger partial charge in [0.25, 0.3) is 5.91 Å². The number of aliphatic hydroxyl groups is 1. The molecule has 0 atom stereocenters. The van der Waals surface area contributed by atoms with E-state index >= 15 is 0 Å². The molecule has 0 fully saturated rings. The van der Waals surface area contributed by atoms with Gasteiger partial charge in [-0.2, -0.15) is 0 Å². The summed E-state index contributed by atoms with van der Waals surface area (Å²) in [6.07, 6.45) is 1.49. The Morgan fingerprint density at radius 2 is 1.84 bits per heavy atom. The number of carbonyl (C=O) groups excluding carboxylic acids is 1. The lowest BCUT2D eigenvalue weighted by Gasteiger charge is -2.20. The molecule has 0 aliphatic heterocycles. The summed E-state index contributed by atoms with van der Waals surface area (Å²) in [4.78, 5) is 14.2. The Bertz CT molecular complexity index is 834. The number of halogens is 1. The van der Waals surface area contributed by atoms with E-state index in [-0.39, 0.29) is 30.6 Å². The van der Waals surface area contributed by atoms with Crippen LogP contribution in [0.5, 0.6) is 0 Å². The van der Waals surface area contributed by atoms with E-state index in [0.29, 0.717) is 12.2 Å². The molecule has 0 spiro atoms. The van der Waals surface area contributed by atoms with Gasteiger partial charge in [-0.3, -0.25) is 4.79 Å². The average Bonchev–Trinajstić information content (AvgIpc) is 3.12. The second-order valence-corrected chi connectivity index (χ2v) is 5.46. The van der Waals surface area contributed by atoms with Crippen LogP contribution in [0.3, 0.4) is 0 Å². The molecule has 2 aromatic carbocycles. The Balaban J connectivity index is 1.79. The van der Waals surface area contributed by atoms with Crippen LogP contribution in [0.1, 0.15) is 16.1 Å². The fourth-order valence-electron chi connectivity index (χ4n) is 2.42. The zero-order valence-electron chi connectivity index (χ0n) is 13.4. The third kappa shape index (κ3) is 4.07. The monoisotopic (exact) mass is 340 g/mol. The Labute approximate surface area is 144 Å². The largest absolute Gasteiger partial charge is 0.395 e. The molecule has 6 nitrogen and oxygen atoms in total. The number of amides is 1. The first-order chi connectivity index (χ1) is 12.2. The minimum Gasteiger partial charge on any atom is -0.395 e. The molecule has 3 rings (SSSR count). The van der Waals surface area contributed by atoms with Crippen LogP contribution in [0.4, 0.5) is 4.39 Å². The molecule has 0 unspecified atom stereocenters. The van der Waals surface area contributed by atoms with Crippen molar-refractivity contribution in [2.24, 2.45) is 0 Å². The number of hydrogen-bond acceptors (Lipinski definition) is 4. The first-order valence-electron chi connectivity index (χ1n) is 7.80. The fraction of sp³-hybridized carbons (Fsp3) is 0.167. The van der Waals surface area contributed by atoms with E-state index in [2.05, 4.69) is 10.3 Å². The maximum Gasteiger partial charge on any atom is 0.276 e. The molecule has 0 radical (unpaired) electrons. The summed E-state index contributed by atoms with van der Waals surface area (Å²) < 4.78 is 14.4. The molecular formula is C18H17FN4O2. The predicted molar refractivity (Wildman–Crippen MR) is 89.6 cm³/mol. The average molecular weight is 340 g/mol. The number of aromatic nitrogens is 3. The molecule has 3 aromatic rings. The van der Waals surface area contributed by atoms with E-state index < -0.39 is 0 Å². The van der Waals surface area contributed by atoms with Crippen LogP contribution in [0.2, 0.25) is 0 Å². The SMILES string of the molecule is O=C(c1cn(-c2ccc(F)cc2)nn1)N(CCO)Cc1ccccc1. The predicted octanol–water partition coefficient (Wildman–Crippen LogP) is 2.04. The van der Waals surface area contributed by atoms with E-state index in [1.165, 1.54) is 27.9 Å². The third-order valence-electron chi connectivity index (χ3n) is 3.68. The van der Waals surface area contributed by atoms with Gasteiger partial charge >= 0.3 is 0 Å². The normalized spacial score (nSPS) is 10.6. The van der Waals surface area contributed by atoms with Crippen molar-refractivity contribution in [2.75, 3.05) is 13.2 Å². The highest BCUT2D eigenvalue weighted by atomic mass is 19.1. The zero-order chi connectivity index (χ0) is 17.6. The number of aliphatic hydroxyl groups excluding tert-OH is 1. The minimum absolute atomic E-state index is 0.148. The minimum atomic E-state index is -0.350. The Kier molecular flexibility index (Phi) is 5.15. The van der Waals surface area contributed by atoms with Gasteiger partial charge in [-0.25, -0.2) is 9.07 Å². The molecule has 0 aliphatic carbocycles. The molecule has 0 bridgehead atoms. The van der Waals surface area contributed by atoms with Crippen LogP contribution in [0.25, 0.3) is 5.69 Å². The molecule has 128 valence electrons. The molecule has 7 heteroatoms. The van der Waals surface area contributed by atoms with Crippen molar-refractivity contribution in [1.82, 2.24) is 19.9 Å². The van der Waals surface area contributed by atoms with Gasteiger partial charge < -0.3 is 10.0 Å². The van der Waals surface area contributed by atoms with E-state index in [4.69, 9.17) is 0 Å². The Morgan fingerprint density at radius 3 is 2.52 bits per heavy atom. The maximum atomic E-state index is 13.0. The molecule has 1 N–H and O–H groups in total. The summed E-state index contributed by atoms with van der Waals surface area (Å²) in [5.74, 6) is -0.677.